The van der Waals surface area contributed by atoms with Gasteiger partial charge in [0.15, 0.2) is 0 Å². The topological polar surface area (TPSA) is 116 Å². The zero-order chi connectivity index (χ0) is 24.8. The maximum absolute atomic E-state index is 13.3. The maximum atomic E-state index is 13.3. The van der Waals surface area contributed by atoms with E-state index >= 15 is 0 Å². The van der Waals surface area contributed by atoms with Gasteiger partial charge in [-0.05, 0) is 29.8 Å². The standard InChI is InChI=1S/C26H20N4O4S/c27-16-23-22(18-8-7-13-21(14-18)30(33)34)15-24(31)28-26(23)35-17-25(32)29(19-9-3-1-4-10-19)20-11-5-2-6-12-20/h1-14,22H,15,17H2,(H,28,31). The molecule has 1 N–H and O–H groups in total. The highest BCUT2D eigenvalue weighted by Gasteiger charge is 2.31. The summed E-state index contributed by atoms with van der Waals surface area (Å²) in [6.45, 7) is 0. The second kappa shape index (κ2) is 10.7. The number of hydrogen-bond donors (Lipinski definition) is 1. The average molecular weight is 485 g/mol. The lowest BCUT2D eigenvalue weighted by Crippen LogP contribution is -2.32. The predicted molar refractivity (Wildman–Crippen MR) is 134 cm³/mol. The van der Waals surface area contributed by atoms with E-state index < -0.39 is 10.8 Å². The molecule has 0 bridgehead atoms. The Kier molecular flexibility index (Phi) is 7.24. The Morgan fingerprint density at radius 1 is 1.06 bits per heavy atom. The molecular weight excluding hydrogens is 464 g/mol. The van der Waals surface area contributed by atoms with E-state index in [0.717, 1.165) is 11.8 Å². The van der Waals surface area contributed by atoms with Crippen LogP contribution in [0, 0.1) is 21.4 Å². The molecule has 1 aliphatic heterocycles. The molecule has 3 aromatic rings. The number of benzene rings is 3. The van der Waals surface area contributed by atoms with Gasteiger partial charge in [0.25, 0.3) is 5.69 Å². The molecule has 0 aliphatic carbocycles. The van der Waals surface area contributed by atoms with Crippen LogP contribution in [-0.4, -0.2) is 22.5 Å². The molecule has 0 spiro atoms. The number of nitro groups is 1. The second-order valence-electron chi connectivity index (χ2n) is 7.70. The number of allylic oxidation sites excluding steroid dienone is 1. The molecule has 1 atom stereocenters. The third kappa shape index (κ3) is 5.39. The average Bonchev–Trinajstić information content (AvgIpc) is 2.88. The SMILES string of the molecule is N#CC1=C(SCC(=O)N(c2ccccc2)c2ccccc2)NC(=O)CC1c1cccc([N+](=O)[O-])c1. The predicted octanol–water partition coefficient (Wildman–Crippen LogP) is 5.03. The van der Waals surface area contributed by atoms with Gasteiger partial charge in [0.1, 0.15) is 0 Å². The largest absolute Gasteiger partial charge is 0.320 e. The number of nitro benzene ring substituents is 1. The van der Waals surface area contributed by atoms with Crippen LogP contribution in [-0.2, 0) is 9.59 Å². The zero-order valence-corrected chi connectivity index (χ0v) is 19.3. The molecule has 0 saturated heterocycles. The summed E-state index contributed by atoms with van der Waals surface area (Å²) in [5.41, 5.74) is 2.05. The lowest BCUT2D eigenvalue weighted by atomic mass is 9.87. The van der Waals surface area contributed by atoms with E-state index in [9.17, 15) is 25.0 Å². The van der Waals surface area contributed by atoms with Crippen molar-refractivity contribution >= 4 is 40.6 Å². The van der Waals surface area contributed by atoms with Crippen molar-refractivity contribution in [3.63, 3.8) is 0 Å². The summed E-state index contributed by atoms with van der Waals surface area (Å²) in [5, 5.41) is 24.1. The van der Waals surface area contributed by atoms with Gasteiger partial charge in [-0.25, -0.2) is 0 Å². The summed E-state index contributed by atoms with van der Waals surface area (Å²) in [5.74, 6) is -1.22. The van der Waals surface area contributed by atoms with Gasteiger partial charge < -0.3 is 5.32 Å². The van der Waals surface area contributed by atoms with E-state index in [1.165, 1.54) is 18.2 Å². The molecule has 0 aromatic heterocycles. The van der Waals surface area contributed by atoms with Crippen LogP contribution >= 0.6 is 11.8 Å². The zero-order valence-electron chi connectivity index (χ0n) is 18.5. The van der Waals surface area contributed by atoms with Crippen LogP contribution in [0.4, 0.5) is 17.1 Å². The van der Waals surface area contributed by atoms with Gasteiger partial charge >= 0.3 is 0 Å². The van der Waals surface area contributed by atoms with E-state index in [2.05, 4.69) is 11.4 Å². The van der Waals surface area contributed by atoms with Gasteiger partial charge in [0.2, 0.25) is 11.8 Å². The van der Waals surface area contributed by atoms with Crippen molar-refractivity contribution in [3.05, 3.63) is 111 Å². The second-order valence-corrected chi connectivity index (χ2v) is 8.69. The Morgan fingerprint density at radius 2 is 1.69 bits per heavy atom. The van der Waals surface area contributed by atoms with Gasteiger partial charge in [-0.2, -0.15) is 5.26 Å². The number of para-hydroxylation sites is 2. The minimum atomic E-state index is -0.634. The molecule has 1 aliphatic rings. The number of nitrogens with one attached hydrogen (secondary N) is 1. The fourth-order valence-electron chi connectivity index (χ4n) is 3.86. The summed E-state index contributed by atoms with van der Waals surface area (Å²) < 4.78 is 0. The number of non-ortho nitro benzene ring substituents is 1. The fourth-order valence-corrected chi connectivity index (χ4v) is 4.79. The lowest BCUT2D eigenvalue weighted by molar-refractivity contribution is -0.384. The normalized spacial score (nSPS) is 15.2. The molecule has 9 heteroatoms. The first-order valence-corrected chi connectivity index (χ1v) is 11.7. The first kappa shape index (κ1) is 23.7. The molecule has 2 amide bonds. The molecule has 1 heterocycles. The lowest BCUT2D eigenvalue weighted by Gasteiger charge is -2.26. The van der Waals surface area contributed by atoms with Crippen LogP contribution in [0.25, 0.3) is 0 Å². The van der Waals surface area contributed by atoms with Crippen molar-refractivity contribution in [2.75, 3.05) is 10.7 Å². The molecule has 4 rings (SSSR count). The highest BCUT2D eigenvalue weighted by Crippen LogP contribution is 2.37. The molecule has 0 saturated carbocycles. The number of carbonyl (C=O) groups excluding carboxylic acids is 2. The highest BCUT2D eigenvalue weighted by molar-refractivity contribution is 8.03. The van der Waals surface area contributed by atoms with Crippen molar-refractivity contribution in [1.29, 1.82) is 5.26 Å². The van der Waals surface area contributed by atoms with Crippen LogP contribution in [0.2, 0.25) is 0 Å². The van der Waals surface area contributed by atoms with Crippen molar-refractivity contribution < 1.29 is 14.5 Å². The first-order valence-electron chi connectivity index (χ1n) is 10.7. The Labute approximate surface area is 206 Å². The quantitative estimate of drug-likeness (QED) is 0.371. The van der Waals surface area contributed by atoms with Crippen LogP contribution in [0.15, 0.2) is 95.5 Å². The van der Waals surface area contributed by atoms with Gasteiger partial charge in [-0.1, -0.05) is 60.3 Å². The Bertz CT molecular complexity index is 1300. The number of hydrogen-bond acceptors (Lipinski definition) is 6. The van der Waals surface area contributed by atoms with Gasteiger partial charge in [0, 0.05) is 35.8 Å². The number of carbonyl (C=O) groups is 2. The van der Waals surface area contributed by atoms with Crippen LogP contribution in [0.1, 0.15) is 17.9 Å². The molecule has 35 heavy (non-hydrogen) atoms. The number of rotatable bonds is 7. The Morgan fingerprint density at radius 3 is 2.26 bits per heavy atom. The molecule has 1 unspecified atom stereocenters. The molecule has 8 nitrogen and oxygen atoms in total. The Balaban J connectivity index is 1.62. The monoisotopic (exact) mass is 484 g/mol. The molecule has 3 aromatic carbocycles. The van der Waals surface area contributed by atoms with E-state index in [4.69, 9.17) is 0 Å². The summed E-state index contributed by atoms with van der Waals surface area (Å²) in [6, 6.07) is 26.5. The van der Waals surface area contributed by atoms with Gasteiger partial charge in [-0.3, -0.25) is 24.6 Å². The van der Waals surface area contributed by atoms with E-state index in [1.54, 1.807) is 11.0 Å². The van der Waals surface area contributed by atoms with Crippen molar-refractivity contribution in [1.82, 2.24) is 5.32 Å². The molecule has 174 valence electrons. The third-order valence-electron chi connectivity index (χ3n) is 5.46. The fraction of sp³-hybridized carbons (Fsp3) is 0.115. The summed E-state index contributed by atoms with van der Waals surface area (Å²) in [6.07, 6.45) is -0.0117. The number of nitriles is 1. The summed E-state index contributed by atoms with van der Waals surface area (Å²) in [4.78, 5) is 38.1. The van der Waals surface area contributed by atoms with Crippen molar-refractivity contribution in [2.24, 2.45) is 0 Å². The van der Waals surface area contributed by atoms with E-state index in [-0.39, 0.29) is 40.3 Å². The summed E-state index contributed by atoms with van der Waals surface area (Å²) >= 11 is 1.07. The summed E-state index contributed by atoms with van der Waals surface area (Å²) in [7, 11) is 0. The van der Waals surface area contributed by atoms with Crippen LogP contribution in [0.5, 0.6) is 0 Å². The maximum Gasteiger partial charge on any atom is 0.269 e. The van der Waals surface area contributed by atoms with Crippen molar-refractivity contribution in [2.45, 2.75) is 12.3 Å². The minimum absolute atomic E-state index is 0.0117. The number of anilines is 2. The van der Waals surface area contributed by atoms with Gasteiger partial charge in [0.05, 0.1) is 27.3 Å². The van der Waals surface area contributed by atoms with E-state index in [0.29, 0.717) is 16.9 Å². The number of nitrogens with zero attached hydrogens (tertiary/aromatic N) is 3. The smallest absolute Gasteiger partial charge is 0.269 e. The van der Waals surface area contributed by atoms with Crippen LogP contribution < -0.4 is 10.2 Å². The van der Waals surface area contributed by atoms with Crippen molar-refractivity contribution in [3.8, 4) is 6.07 Å². The third-order valence-corrected chi connectivity index (χ3v) is 6.46. The molecule has 0 fully saturated rings. The first-order chi connectivity index (χ1) is 17.0. The number of thioether (sulfide) groups is 1. The molecular formula is C26H20N4O4S. The van der Waals surface area contributed by atoms with Crippen LogP contribution in [0.3, 0.4) is 0 Å². The van der Waals surface area contributed by atoms with Gasteiger partial charge in [-0.15, -0.1) is 0 Å². The highest BCUT2D eigenvalue weighted by atomic mass is 32.2. The Hall–Kier alpha value is -4.42. The molecule has 0 radical (unpaired) electrons. The van der Waals surface area contributed by atoms with E-state index in [1.807, 2.05) is 60.7 Å². The minimum Gasteiger partial charge on any atom is -0.320 e. The number of amides is 2.